The molecule has 5 nitrogen and oxygen atoms in total. The molecule has 1 aliphatic rings. The van der Waals surface area contributed by atoms with Crippen molar-refractivity contribution in [3.63, 3.8) is 0 Å². The zero-order valence-corrected chi connectivity index (χ0v) is 10.0. The van der Waals surface area contributed by atoms with E-state index in [1.807, 2.05) is 32.4 Å². The lowest BCUT2D eigenvalue weighted by Gasteiger charge is -2.05. The van der Waals surface area contributed by atoms with Crippen LogP contribution < -0.4 is 5.32 Å². The third-order valence-corrected chi connectivity index (χ3v) is 2.94. The van der Waals surface area contributed by atoms with Crippen LogP contribution in [0.1, 0.15) is 24.5 Å². The molecular weight excluding hydrogens is 214 g/mol. The number of rotatable bonds is 3. The molecule has 3 rings (SSSR count). The predicted octanol–water partition coefficient (Wildman–Crippen LogP) is 1.80. The first-order valence-corrected chi connectivity index (χ1v) is 5.83. The zero-order valence-electron chi connectivity index (χ0n) is 10.0. The van der Waals surface area contributed by atoms with Gasteiger partial charge in [-0.05, 0) is 18.9 Å². The van der Waals surface area contributed by atoms with Crippen molar-refractivity contribution in [2.45, 2.75) is 18.8 Å². The minimum absolute atomic E-state index is 0.618. The van der Waals surface area contributed by atoms with E-state index in [4.69, 9.17) is 0 Å². The molecule has 2 aromatic heterocycles. The highest BCUT2D eigenvalue weighted by atomic mass is 15.3. The molecule has 2 heterocycles. The molecule has 0 atom stereocenters. The van der Waals surface area contributed by atoms with E-state index in [1.165, 1.54) is 12.8 Å². The Balaban J connectivity index is 2.05. The quantitative estimate of drug-likeness (QED) is 0.872. The normalized spacial score (nSPS) is 14.9. The molecule has 1 fully saturated rings. The zero-order chi connectivity index (χ0) is 11.8. The summed E-state index contributed by atoms with van der Waals surface area (Å²) in [5, 5.41) is 7.42. The van der Waals surface area contributed by atoms with Crippen molar-refractivity contribution in [2.75, 3.05) is 12.4 Å². The highest BCUT2D eigenvalue weighted by Crippen LogP contribution is 2.40. The van der Waals surface area contributed by atoms with E-state index in [9.17, 15) is 0 Å². The van der Waals surface area contributed by atoms with Gasteiger partial charge in [-0.2, -0.15) is 5.10 Å². The monoisotopic (exact) mass is 229 g/mol. The Morgan fingerprint density at radius 3 is 2.76 bits per heavy atom. The lowest BCUT2D eigenvalue weighted by molar-refractivity contribution is 0.768. The summed E-state index contributed by atoms with van der Waals surface area (Å²) in [6.45, 7) is 0. The summed E-state index contributed by atoms with van der Waals surface area (Å²) in [5.41, 5.74) is 1.96. The van der Waals surface area contributed by atoms with Gasteiger partial charge in [0.15, 0.2) is 5.82 Å². The summed E-state index contributed by atoms with van der Waals surface area (Å²) in [6.07, 6.45) is 4.38. The molecule has 0 saturated heterocycles. The molecule has 1 aliphatic carbocycles. The summed E-state index contributed by atoms with van der Waals surface area (Å²) in [6, 6.07) is 3.97. The maximum atomic E-state index is 4.60. The number of nitrogens with one attached hydrogen (secondary N) is 1. The van der Waals surface area contributed by atoms with Crippen molar-refractivity contribution < 1.29 is 0 Å². The number of aryl methyl sites for hydroxylation is 1. The van der Waals surface area contributed by atoms with Crippen molar-refractivity contribution in [3.8, 4) is 11.5 Å². The van der Waals surface area contributed by atoms with Crippen molar-refractivity contribution >= 4 is 5.82 Å². The van der Waals surface area contributed by atoms with Gasteiger partial charge < -0.3 is 5.32 Å². The summed E-state index contributed by atoms with van der Waals surface area (Å²) < 4.78 is 1.77. The van der Waals surface area contributed by atoms with E-state index in [-0.39, 0.29) is 0 Å². The van der Waals surface area contributed by atoms with E-state index < -0.39 is 0 Å². The van der Waals surface area contributed by atoms with Crippen LogP contribution in [-0.4, -0.2) is 26.8 Å². The van der Waals surface area contributed by atoms with Gasteiger partial charge in [-0.3, -0.25) is 4.68 Å². The number of hydrogen-bond donors (Lipinski definition) is 1. The van der Waals surface area contributed by atoms with E-state index in [1.54, 1.807) is 4.68 Å². The Hall–Kier alpha value is -1.91. The van der Waals surface area contributed by atoms with E-state index in [0.29, 0.717) is 11.7 Å². The molecule has 1 N–H and O–H groups in total. The molecule has 17 heavy (non-hydrogen) atoms. The van der Waals surface area contributed by atoms with Crippen molar-refractivity contribution in [2.24, 2.45) is 7.05 Å². The molecule has 0 aromatic carbocycles. The molecule has 1 saturated carbocycles. The Morgan fingerprint density at radius 2 is 2.18 bits per heavy atom. The van der Waals surface area contributed by atoms with Crippen LogP contribution in [0.4, 0.5) is 5.82 Å². The van der Waals surface area contributed by atoms with Gasteiger partial charge in [-0.25, -0.2) is 9.97 Å². The SMILES string of the molecule is CNc1cc(C2CC2)nc(-c2ccn(C)n2)n1. The van der Waals surface area contributed by atoms with Crippen LogP contribution >= 0.6 is 0 Å². The smallest absolute Gasteiger partial charge is 0.182 e. The number of aromatic nitrogens is 4. The summed E-state index contributed by atoms with van der Waals surface area (Å²) in [4.78, 5) is 9.05. The lowest BCUT2D eigenvalue weighted by Crippen LogP contribution is -2.01. The van der Waals surface area contributed by atoms with Gasteiger partial charge in [-0.15, -0.1) is 0 Å². The van der Waals surface area contributed by atoms with Crippen molar-refractivity contribution in [1.29, 1.82) is 0 Å². The maximum Gasteiger partial charge on any atom is 0.182 e. The van der Waals surface area contributed by atoms with E-state index >= 15 is 0 Å². The molecular formula is C12H15N5. The molecule has 0 unspecified atom stereocenters. The fraction of sp³-hybridized carbons (Fsp3) is 0.417. The van der Waals surface area contributed by atoms with Crippen molar-refractivity contribution in [3.05, 3.63) is 24.0 Å². The second kappa shape index (κ2) is 3.84. The third kappa shape index (κ3) is 2.00. The Labute approximate surface area is 99.9 Å². The van der Waals surface area contributed by atoms with Crippen LogP contribution in [0.25, 0.3) is 11.5 Å². The Kier molecular flexibility index (Phi) is 2.31. The standard InChI is InChI=1S/C12H15N5/c1-13-11-7-10(8-3-4-8)14-12(15-11)9-5-6-17(2)16-9/h5-8H,3-4H2,1-2H3,(H,13,14,15). The average Bonchev–Trinajstić information content (AvgIpc) is 3.11. The molecule has 0 amide bonds. The summed E-state index contributed by atoms with van der Waals surface area (Å²) in [5.74, 6) is 2.19. The lowest BCUT2D eigenvalue weighted by atomic mass is 10.2. The van der Waals surface area contributed by atoms with Gasteiger partial charge in [-0.1, -0.05) is 0 Å². The highest BCUT2D eigenvalue weighted by Gasteiger charge is 2.26. The summed E-state index contributed by atoms with van der Waals surface area (Å²) >= 11 is 0. The fourth-order valence-corrected chi connectivity index (χ4v) is 1.83. The minimum Gasteiger partial charge on any atom is -0.373 e. The van der Waals surface area contributed by atoms with Crippen LogP contribution in [0.15, 0.2) is 18.3 Å². The maximum absolute atomic E-state index is 4.60. The second-order valence-corrected chi connectivity index (χ2v) is 4.40. The van der Waals surface area contributed by atoms with Gasteiger partial charge in [0.25, 0.3) is 0 Å². The Bertz CT molecular complexity index is 542. The van der Waals surface area contributed by atoms with Gasteiger partial charge in [0, 0.05) is 38.0 Å². The second-order valence-electron chi connectivity index (χ2n) is 4.40. The van der Waals surface area contributed by atoms with Crippen LogP contribution in [0.5, 0.6) is 0 Å². The van der Waals surface area contributed by atoms with Gasteiger partial charge in [0.2, 0.25) is 0 Å². The minimum atomic E-state index is 0.618. The first-order chi connectivity index (χ1) is 8.26. The molecule has 88 valence electrons. The first kappa shape index (κ1) is 10.3. The van der Waals surface area contributed by atoms with Crippen LogP contribution in [0.3, 0.4) is 0 Å². The van der Waals surface area contributed by atoms with E-state index in [0.717, 1.165) is 17.2 Å². The third-order valence-electron chi connectivity index (χ3n) is 2.94. The van der Waals surface area contributed by atoms with Gasteiger partial charge in [0.1, 0.15) is 11.5 Å². The Morgan fingerprint density at radius 1 is 1.35 bits per heavy atom. The highest BCUT2D eigenvalue weighted by molar-refractivity contribution is 5.53. The summed E-state index contributed by atoms with van der Waals surface area (Å²) in [7, 11) is 3.77. The van der Waals surface area contributed by atoms with Gasteiger partial charge >= 0.3 is 0 Å². The fourth-order valence-electron chi connectivity index (χ4n) is 1.83. The van der Waals surface area contributed by atoms with Crippen LogP contribution in [-0.2, 0) is 7.05 Å². The predicted molar refractivity (Wildman–Crippen MR) is 65.8 cm³/mol. The molecule has 0 radical (unpaired) electrons. The largest absolute Gasteiger partial charge is 0.373 e. The molecule has 5 heteroatoms. The number of nitrogens with zero attached hydrogens (tertiary/aromatic N) is 4. The number of anilines is 1. The molecule has 0 spiro atoms. The number of hydrogen-bond acceptors (Lipinski definition) is 4. The molecule has 0 bridgehead atoms. The van der Waals surface area contributed by atoms with Gasteiger partial charge in [0.05, 0.1) is 0 Å². The van der Waals surface area contributed by atoms with Crippen molar-refractivity contribution in [1.82, 2.24) is 19.7 Å². The van der Waals surface area contributed by atoms with E-state index in [2.05, 4.69) is 20.4 Å². The van der Waals surface area contributed by atoms with Crippen LogP contribution in [0, 0.1) is 0 Å². The first-order valence-electron chi connectivity index (χ1n) is 5.83. The molecule has 2 aromatic rings. The average molecular weight is 229 g/mol. The topological polar surface area (TPSA) is 55.6 Å². The molecule has 0 aliphatic heterocycles. The van der Waals surface area contributed by atoms with Crippen LogP contribution in [0.2, 0.25) is 0 Å².